The number of hydrogen-bond donors (Lipinski definition) is 2. The van der Waals surface area contributed by atoms with Crippen LogP contribution in [0.25, 0.3) is 0 Å². The molecule has 0 amide bonds. The summed E-state index contributed by atoms with van der Waals surface area (Å²) < 4.78 is 8.17. The maximum Gasteiger partial charge on any atom is 0.247 e. The number of unbranched alkanes of at least 4 members (excludes halogenated alkanes) is 22. The summed E-state index contributed by atoms with van der Waals surface area (Å²) >= 11 is 0. The Morgan fingerprint density at radius 2 is 1.09 bits per heavy atom. The quantitative estimate of drug-likeness (QED) is 0.0304. The van der Waals surface area contributed by atoms with E-state index in [2.05, 4.69) is 47.6 Å². The van der Waals surface area contributed by atoms with Gasteiger partial charge in [-0.3, -0.25) is 9.48 Å². The molecule has 0 aromatic carbocycles. The minimum atomic E-state index is -0.648. The van der Waals surface area contributed by atoms with E-state index in [1.807, 2.05) is 0 Å². The summed E-state index contributed by atoms with van der Waals surface area (Å²) in [4.78, 5) is 2.43. The van der Waals surface area contributed by atoms with Crippen LogP contribution < -0.4 is 0 Å². The highest BCUT2D eigenvalue weighted by molar-refractivity contribution is 5.78. The van der Waals surface area contributed by atoms with Crippen LogP contribution in [0, 0.1) is 0 Å². The summed E-state index contributed by atoms with van der Waals surface area (Å²) in [5.74, 6) is 1.37. The maximum absolute atomic E-state index is 10.4. The molecule has 0 spiro atoms. The summed E-state index contributed by atoms with van der Waals surface area (Å²) in [5.41, 5.74) is 0. The highest BCUT2D eigenvalue weighted by Gasteiger charge is 2.29. The van der Waals surface area contributed by atoms with E-state index in [1.54, 1.807) is 0 Å². The van der Waals surface area contributed by atoms with Crippen molar-refractivity contribution in [3.63, 3.8) is 0 Å². The maximum atomic E-state index is 10.4. The molecule has 1 heterocycles. The normalized spacial score (nSPS) is 14.5. The van der Waals surface area contributed by atoms with Crippen molar-refractivity contribution in [2.45, 2.75) is 200 Å². The Kier molecular flexibility index (Phi) is 32.4. The van der Waals surface area contributed by atoms with Crippen LogP contribution in [0.1, 0.15) is 194 Å². The third-order valence-electron chi connectivity index (χ3n) is 9.79. The lowest BCUT2D eigenvalue weighted by Crippen LogP contribution is -2.34. The highest BCUT2D eigenvalue weighted by Crippen LogP contribution is 2.15. The first-order valence-corrected chi connectivity index (χ1v) is 20.8. The lowest BCUT2D eigenvalue weighted by atomic mass is 10.1. The summed E-state index contributed by atoms with van der Waals surface area (Å²) in [6.45, 7) is 8.85. The zero-order chi connectivity index (χ0) is 33.9. The van der Waals surface area contributed by atoms with Crippen LogP contribution in [0.4, 0.5) is 0 Å². The molecule has 1 unspecified atom stereocenters. The van der Waals surface area contributed by atoms with Crippen LogP contribution in [0.5, 0.6) is 0 Å². The van der Waals surface area contributed by atoms with E-state index in [4.69, 9.17) is 4.74 Å². The number of aliphatic hydroxyl groups is 2. The lowest BCUT2D eigenvalue weighted by Gasteiger charge is -2.16. The van der Waals surface area contributed by atoms with Gasteiger partial charge in [-0.25, -0.2) is 0 Å². The molecule has 1 aliphatic heterocycles. The molecule has 0 aromatic heterocycles. The number of nitrogens with zero attached hydrogens (tertiary/aromatic N) is 2. The zero-order valence-corrected chi connectivity index (χ0v) is 31.6. The van der Waals surface area contributed by atoms with Crippen molar-refractivity contribution in [3.8, 4) is 0 Å². The van der Waals surface area contributed by atoms with E-state index in [0.717, 1.165) is 45.4 Å². The second-order valence-corrected chi connectivity index (χ2v) is 14.1. The van der Waals surface area contributed by atoms with Crippen LogP contribution in [-0.4, -0.2) is 71.2 Å². The molecule has 1 rings (SSSR count). The van der Waals surface area contributed by atoms with Crippen molar-refractivity contribution < 1.29 is 19.5 Å². The summed E-state index contributed by atoms with van der Waals surface area (Å²) in [6.07, 6.45) is 44.7. The van der Waals surface area contributed by atoms with Crippen LogP contribution >= 0.6 is 0 Å². The first kappa shape index (κ1) is 43.9. The summed E-state index contributed by atoms with van der Waals surface area (Å²) in [6, 6.07) is 0. The molecular formula is C42H81N2O3+. The fourth-order valence-corrected chi connectivity index (χ4v) is 6.74. The molecule has 2 N–H and O–H groups in total. The molecule has 276 valence electrons. The van der Waals surface area contributed by atoms with Crippen LogP contribution in [-0.2, 0) is 4.74 Å². The van der Waals surface area contributed by atoms with Crippen molar-refractivity contribution >= 4 is 5.84 Å². The van der Waals surface area contributed by atoms with Gasteiger partial charge in [0.25, 0.3) is 0 Å². The van der Waals surface area contributed by atoms with E-state index in [0.29, 0.717) is 6.61 Å². The highest BCUT2D eigenvalue weighted by atomic mass is 16.6. The largest absolute Gasteiger partial charge is 0.392 e. The minimum Gasteiger partial charge on any atom is -0.392 e. The van der Waals surface area contributed by atoms with Gasteiger partial charge in [-0.1, -0.05) is 141 Å². The number of allylic oxidation sites excluding steroid dienone is 4. The number of ether oxygens (including phenoxy) is 1. The van der Waals surface area contributed by atoms with E-state index in [9.17, 15) is 10.2 Å². The molecule has 0 saturated carbocycles. The Balaban J connectivity index is 2.05. The molecule has 1 atom stereocenters. The predicted octanol–water partition coefficient (Wildman–Crippen LogP) is 11.1. The summed E-state index contributed by atoms with van der Waals surface area (Å²) in [7, 11) is 0. The molecule has 0 bridgehead atoms. The number of rotatable bonds is 36. The SMILES string of the molecule is CCCCCCCC/C=C\CCCCCCCC1=[N+](CCO)CCN1CCOC(O)CCCCCCC/C=C\CCCCCCCC. The Bertz CT molecular complexity index is 750. The van der Waals surface area contributed by atoms with E-state index in [1.165, 1.54) is 166 Å². The molecule has 0 fully saturated rings. The molecule has 0 aliphatic carbocycles. The second-order valence-electron chi connectivity index (χ2n) is 14.1. The number of hydrogen-bond acceptors (Lipinski definition) is 4. The average Bonchev–Trinajstić information content (AvgIpc) is 3.45. The van der Waals surface area contributed by atoms with Crippen molar-refractivity contribution in [1.29, 1.82) is 0 Å². The fraction of sp³-hybridized carbons (Fsp3) is 0.881. The monoisotopic (exact) mass is 662 g/mol. The van der Waals surface area contributed by atoms with Crippen LogP contribution in [0.3, 0.4) is 0 Å². The third-order valence-corrected chi connectivity index (χ3v) is 9.79. The first-order chi connectivity index (χ1) is 23.2. The van der Waals surface area contributed by atoms with Crippen LogP contribution in [0.2, 0.25) is 0 Å². The van der Waals surface area contributed by atoms with Gasteiger partial charge in [-0.15, -0.1) is 0 Å². The standard InChI is InChI=1S/C42H81N2O3/c1-3-5-7-9-11-13-15-17-19-21-23-25-27-29-31-33-41-43(37-39-45)35-36-44(41)38-40-47-42(46)34-32-30-28-26-24-22-20-18-16-14-12-10-8-6-4-2/h17-20,42,45-46H,3-16,21-40H2,1-2H3/q+1/b19-17-,20-18-. The van der Waals surface area contributed by atoms with Gasteiger partial charge < -0.3 is 14.9 Å². The van der Waals surface area contributed by atoms with Crippen molar-refractivity contribution in [3.05, 3.63) is 24.3 Å². The van der Waals surface area contributed by atoms with Crippen LogP contribution in [0.15, 0.2) is 24.3 Å². The molecule has 47 heavy (non-hydrogen) atoms. The number of aliphatic hydroxyl groups excluding tert-OH is 2. The van der Waals surface area contributed by atoms with Gasteiger partial charge in [0.15, 0.2) is 6.29 Å². The Morgan fingerprint density at radius 1 is 0.638 bits per heavy atom. The number of amidine groups is 1. The molecular weight excluding hydrogens is 580 g/mol. The molecule has 5 heteroatoms. The zero-order valence-electron chi connectivity index (χ0n) is 31.6. The lowest BCUT2D eigenvalue weighted by molar-refractivity contribution is -0.521. The molecule has 0 saturated heterocycles. The van der Waals surface area contributed by atoms with Crippen molar-refractivity contribution in [1.82, 2.24) is 4.90 Å². The van der Waals surface area contributed by atoms with Gasteiger partial charge in [-0.05, 0) is 70.6 Å². The molecule has 5 nitrogen and oxygen atoms in total. The second kappa shape index (κ2) is 34.7. The number of β-amino-alcohol motifs (C(OH)–C–C–N with tert-alkyl or cyclic N) is 1. The smallest absolute Gasteiger partial charge is 0.247 e. The van der Waals surface area contributed by atoms with Crippen molar-refractivity contribution in [2.24, 2.45) is 0 Å². The van der Waals surface area contributed by atoms with Gasteiger partial charge in [0, 0.05) is 6.42 Å². The average molecular weight is 662 g/mol. The van der Waals surface area contributed by atoms with Gasteiger partial charge in [-0.2, -0.15) is 0 Å². The minimum absolute atomic E-state index is 0.203. The molecule has 0 aromatic rings. The Hall–Kier alpha value is -1.17. The van der Waals surface area contributed by atoms with Gasteiger partial charge in [0.05, 0.1) is 13.2 Å². The van der Waals surface area contributed by atoms with Gasteiger partial charge >= 0.3 is 0 Å². The Morgan fingerprint density at radius 3 is 1.57 bits per heavy atom. The third kappa shape index (κ3) is 27.4. The first-order valence-electron chi connectivity index (χ1n) is 20.8. The van der Waals surface area contributed by atoms with Crippen molar-refractivity contribution in [2.75, 3.05) is 39.4 Å². The van der Waals surface area contributed by atoms with Gasteiger partial charge in [0.1, 0.15) is 26.2 Å². The van der Waals surface area contributed by atoms with E-state index >= 15 is 0 Å². The predicted molar refractivity (Wildman–Crippen MR) is 205 cm³/mol. The fourth-order valence-electron chi connectivity index (χ4n) is 6.74. The van der Waals surface area contributed by atoms with E-state index < -0.39 is 6.29 Å². The topological polar surface area (TPSA) is 55.9 Å². The van der Waals surface area contributed by atoms with Gasteiger partial charge in [0.2, 0.25) is 5.84 Å². The summed E-state index contributed by atoms with van der Waals surface area (Å²) in [5, 5.41) is 20.0. The van der Waals surface area contributed by atoms with E-state index in [-0.39, 0.29) is 6.61 Å². The molecule has 0 radical (unpaired) electrons. The Labute approximate surface area is 293 Å². The molecule has 1 aliphatic rings.